The van der Waals surface area contributed by atoms with Gasteiger partial charge in [0, 0.05) is 33.2 Å². The Hall–Kier alpha value is -1.76. The van der Waals surface area contributed by atoms with Crippen LogP contribution in [-0.4, -0.2) is 81.3 Å². The first kappa shape index (κ1) is 26.3. The summed E-state index contributed by atoms with van der Waals surface area (Å²) in [6, 6.07) is 7.24. The van der Waals surface area contributed by atoms with Crippen LogP contribution < -0.4 is 15.4 Å². The van der Waals surface area contributed by atoms with Gasteiger partial charge in [0.25, 0.3) is 0 Å². The molecule has 1 atom stereocenters. The van der Waals surface area contributed by atoms with E-state index in [4.69, 9.17) is 4.74 Å². The summed E-state index contributed by atoms with van der Waals surface area (Å²) in [6.45, 7) is 0.106. The third-order valence-corrected chi connectivity index (χ3v) is 4.50. The number of methoxy groups -OCH3 is 1. The highest BCUT2D eigenvalue weighted by Gasteiger charge is 2.34. The molecule has 1 fully saturated rings. The summed E-state index contributed by atoms with van der Waals surface area (Å²) >= 11 is 0. The number of guanidine groups is 1. The number of likely N-dealkylation sites (tertiary alicyclic amines) is 1. The molecule has 0 aliphatic carbocycles. The number of benzene rings is 1. The molecule has 0 bridgehead atoms. The molecule has 2 rings (SSSR count). The van der Waals surface area contributed by atoms with Crippen molar-refractivity contribution in [3.05, 3.63) is 29.8 Å². The van der Waals surface area contributed by atoms with Gasteiger partial charge >= 0.3 is 6.18 Å². The minimum absolute atomic E-state index is 0. The van der Waals surface area contributed by atoms with Crippen molar-refractivity contribution in [3.63, 3.8) is 0 Å². The van der Waals surface area contributed by atoms with Crippen LogP contribution >= 0.6 is 24.0 Å². The number of hydrogen-bond acceptors (Lipinski definition) is 4. The van der Waals surface area contributed by atoms with Crippen LogP contribution in [0.2, 0.25) is 0 Å². The fourth-order valence-corrected chi connectivity index (χ4v) is 2.91. The lowest BCUT2D eigenvalue weighted by Gasteiger charge is -2.20. The lowest BCUT2D eigenvalue weighted by atomic mass is 10.2. The van der Waals surface area contributed by atoms with Crippen LogP contribution in [0.3, 0.4) is 0 Å². The van der Waals surface area contributed by atoms with Crippen LogP contribution in [0.15, 0.2) is 29.3 Å². The van der Waals surface area contributed by atoms with E-state index in [1.54, 1.807) is 21.2 Å². The molecule has 0 radical (unpaired) electrons. The Morgan fingerprint density at radius 3 is 2.53 bits per heavy atom. The summed E-state index contributed by atoms with van der Waals surface area (Å²) in [5.41, 5.74) is 0.941. The molecule has 0 spiro atoms. The van der Waals surface area contributed by atoms with Gasteiger partial charge in [0.15, 0.2) is 5.96 Å². The number of aliphatic imine (C=N–C) groups is 1. The van der Waals surface area contributed by atoms with Crippen molar-refractivity contribution in [3.8, 4) is 5.75 Å². The Labute approximate surface area is 192 Å². The predicted octanol–water partition coefficient (Wildman–Crippen LogP) is 2.07. The summed E-state index contributed by atoms with van der Waals surface area (Å²) in [6.07, 6.45) is -3.64. The Morgan fingerprint density at radius 2 is 1.97 bits per heavy atom. The third-order valence-electron chi connectivity index (χ3n) is 4.50. The molecule has 1 aromatic rings. The van der Waals surface area contributed by atoms with E-state index in [-0.39, 0.29) is 49.0 Å². The van der Waals surface area contributed by atoms with Crippen molar-refractivity contribution in [2.24, 2.45) is 4.99 Å². The zero-order valence-electron chi connectivity index (χ0n) is 17.3. The summed E-state index contributed by atoms with van der Waals surface area (Å²) in [5, 5.41) is 6.12. The Bertz CT molecular complexity index is 698. The van der Waals surface area contributed by atoms with Gasteiger partial charge in [-0.05, 0) is 24.1 Å². The SMILES string of the molecule is COc1ccc(CN=C(NCC(=O)N(C)C)NC2CCN(CC(F)(F)F)C2)cc1.I. The number of hydrogen-bond donors (Lipinski definition) is 2. The Kier molecular flexibility index (Phi) is 10.7. The zero-order chi connectivity index (χ0) is 21.4. The normalized spacial score (nSPS) is 17.3. The fraction of sp³-hybridized carbons (Fsp3) is 0.579. The van der Waals surface area contributed by atoms with E-state index in [1.807, 2.05) is 24.3 Å². The van der Waals surface area contributed by atoms with E-state index in [0.717, 1.165) is 11.3 Å². The first-order chi connectivity index (χ1) is 13.7. The van der Waals surface area contributed by atoms with E-state index < -0.39 is 12.7 Å². The van der Waals surface area contributed by atoms with Gasteiger partial charge in [-0.1, -0.05) is 12.1 Å². The summed E-state index contributed by atoms with van der Waals surface area (Å²) in [7, 11) is 4.89. The van der Waals surface area contributed by atoms with Gasteiger partial charge in [-0.15, -0.1) is 24.0 Å². The number of halogens is 4. The molecule has 0 aromatic heterocycles. The molecule has 1 saturated heterocycles. The summed E-state index contributed by atoms with van der Waals surface area (Å²) < 4.78 is 42.9. The molecule has 7 nitrogen and oxygen atoms in total. The molecule has 170 valence electrons. The van der Waals surface area contributed by atoms with E-state index >= 15 is 0 Å². The van der Waals surface area contributed by atoms with Gasteiger partial charge in [0.1, 0.15) is 5.75 Å². The number of alkyl halides is 3. The number of nitrogens with zero attached hydrogens (tertiary/aromatic N) is 3. The Balaban J connectivity index is 0.00000450. The number of carbonyl (C=O) groups is 1. The second-order valence-corrected chi connectivity index (χ2v) is 7.13. The quantitative estimate of drug-likeness (QED) is 0.313. The number of carbonyl (C=O) groups excluding carboxylic acids is 1. The first-order valence-electron chi connectivity index (χ1n) is 9.33. The van der Waals surface area contributed by atoms with Gasteiger partial charge in [-0.2, -0.15) is 13.2 Å². The lowest BCUT2D eigenvalue weighted by molar-refractivity contribution is -0.143. The number of rotatable bonds is 7. The first-order valence-corrected chi connectivity index (χ1v) is 9.33. The second kappa shape index (κ2) is 12.2. The van der Waals surface area contributed by atoms with E-state index in [1.165, 1.54) is 9.80 Å². The van der Waals surface area contributed by atoms with E-state index in [0.29, 0.717) is 25.5 Å². The highest BCUT2D eigenvalue weighted by Crippen LogP contribution is 2.20. The zero-order valence-corrected chi connectivity index (χ0v) is 19.7. The van der Waals surface area contributed by atoms with Crippen LogP contribution in [0.4, 0.5) is 13.2 Å². The molecular formula is C19H29F3IN5O2. The predicted molar refractivity (Wildman–Crippen MR) is 120 cm³/mol. The highest BCUT2D eigenvalue weighted by molar-refractivity contribution is 14.0. The molecule has 2 N–H and O–H groups in total. The van der Waals surface area contributed by atoms with Crippen LogP contribution in [0.5, 0.6) is 5.75 Å². The second-order valence-electron chi connectivity index (χ2n) is 7.13. The molecular weight excluding hydrogens is 514 g/mol. The van der Waals surface area contributed by atoms with Gasteiger partial charge in [0.05, 0.1) is 26.7 Å². The molecule has 1 amide bonds. The summed E-state index contributed by atoms with van der Waals surface area (Å²) in [4.78, 5) is 19.2. The molecule has 1 aromatic carbocycles. The van der Waals surface area contributed by atoms with Crippen molar-refractivity contribution in [1.82, 2.24) is 20.4 Å². The van der Waals surface area contributed by atoms with Crippen molar-refractivity contribution >= 4 is 35.8 Å². The number of ether oxygens (including phenoxy) is 1. The average molecular weight is 543 g/mol. The highest BCUT2D eigenvalue weighted by atomic mass is 127. The standard InChI is InChI=1S/C19H28F3N5O2.HI/c1-26(2)17(28)11-24-18(23-10-14-4-6-16(29-3)7-5-14)25-15-8-9-27(12-15)13-19(20,21)22;/h4-7,15H,8-13H2,1-3H3,(H2,23,24,25);1H. The molecule has 30 heavy (non-hydrogen) atoms. The van der Waals surface area contributed by atoms with Gasteiger partial charge in [-0.25, -0.2) is 4.99 Å². The molecule has 1 unspecified atom stereocenters. The van der Waals surface area contributed by atoms with Crippen molar-refractivity contribution < 1.29 is 22.7 Å². The largest absolute Gasteiger partial charge is 0.497 e. The minimum Gasteiger partial charge on any atom is -0.497 e. The number of amides is 1. The summed E-state index contributed by atoms with van der Waals surface area (Å²) in [5.74, 6) is 1.01. The molecule has 1 heterocycles. The fourth-order valence-electron chi connectivity index (χ4n) is 2.91. The van der Waals surface area contributed by atoms with Gasteiger partial charge in [-0.3, -0.25) is 9.69 Å². The van der Waals surface area contributed by atoms with Crippen LogP contribution in [0, 0.1) is 0 Å². The van der Waals surface area contributed by atoms with Crippen LogP contribution in [-0.2, 0) is 11.3 Å². The molecule has 11 heteroatoms. The van der Waals surface area contributed by atoms with Crippen molar-refractivity contribution in [2.75, 3.05) is 47.4 Å². The molecule has 1 aliphatic heterocycles. The molecule has 0 saturated carbocycles. The lowest BCUT2D eigenvalue weighted by Crippen LogP contribution is -2.47. The monoisotopic (exact) mass is 543 g/mol. The van der Waals surface area contributed by atoms with E-state index in [9.17, 15) is 18.0 Å². The smallest absolute Gasteiger partial charge is 0.401 e. The topological polar surface area (TPSA) is 69.2 Å². The van der Waals surface area contributed by atoms with Crippen molar-refractivity contribution in [2.45, 2.75) is 25.2 Å². The number of likely N-dealkylation sites (N-methyl/N-ethyl adjacent to an activating group) is 1. The average Bonchev–Trinajstić information content (AvgIpc) is 3.08. The van der Waals surface area contributed by atoms with Gasteiger partial charge in [0.2, 0.25) is 5.91 Å². The van der Waals surface area contributed by atoms with Gasteiger partial charge < -0.3 is 20.3 Å². The van der Waals surface area contributed by atoms with Crippen molar-refractivity contribution in [1.29, 1.82) is 0 Å². The maximum atomic E-state index is 12.6. The maximum absolute atomic E-state index is 12.6. The number of nitrogens with one attached hydrogen (secondary N) is 2. The molecule has 1 aliphatic rings. The van der Waals surface area contributed by atoms with E-state index in [2.05, 4.69) is 15.6 Å². The third kappa shape index (κ3) is 9.37. The minimum atomic E-state index is -4.21. The maximum Gasteiger partial charge on any atom is 0.401 e. The van der Waals surface area contributed by atoms with Crippen LogP contribution in [0.25, 0.3) is 0 Å². The Morgan fingerprint density at radius 1 is 1.30 bits per heavy atom. The van der Waals surface area contributed by atoms with Crippen LogP contribution in [0.1, 0.15) is 12.0 Å².